The molecule has 1 aliphatic heterocycles. The topological polar surface area (TPSA) is 44.5 Å². The van der Waals surface area contributed by atoms with Crippen LogP contribution >= 0.6 is 0 Å². The van der Waals surface area contributed by atoms with Crippen LogP contribution in [0.5, 0.6) is 0 Å². The monoisotopic (exact) mass is 243 g/mol. The molecule has 0 spiro atoms. The summed E-state index contributed by atoms with van der Waals surface area (Å²) in [4.78, 5) is 0. The Hall–Kier alpha value is -0.120. The Balaban J connectivity index is 2.39. The van der Waals surface area contributed by atoms with E-state index in [1.165, 1.54) is 25.7 Å². The lowest BCUT2D eigenvalue weighted by atomic mass is 9.83. The maximum Gasteiger partial charge on any atom is 0.0876 e. The van der Waals surface area contributed by atoms with Gasteiger partial charge in [0, 0.05) is 38.7 Å². The Morgan fingerprint density at radius 2 is 1.88 bits per heavy atom. The summed E-state index contributed by atoms with van der Waals surface area (Å²) in [6.45, 7) is 6.63. The van der Waals surface area contributed by atoms with Crippen LogP contribution in [0.3, 0.4) is 0 Å². The molecule has 1 rings (SSSR count). The largest absolute Gasteiger partial charge is 0.381 e. The minimum atomic E-state index is -0.112. The van der Waals surface area contributed by atoms with E-state index in [9.17, 15) is 0 Å². The molecule has 0 aliphatic carbocycles. The summed E-state index contributed by atoms with van der Waals surface area (Å²) in [6.07, 6.45) is 8.11. The van der Waals surface area contributed by atoms with Gasteiger partial charge in [0.05, 0.1) is 5.60 Å². The molecule has 0 saturated carbocycles. The molecule has 0 aromatic rings. The van der Waals surface area contributed by atoms with Gasteiger partial charge in [0.1, 0.15) is 0 Å². The van der Waals surface area contributed by atoms with Gasteiger partial charge >= 0.3 is 0 Å². The lowest BCUT2D eigenvalue weighted by Gasteiger charge is -2.41. The zero-order valence-electron chi connectivity index (χ0n) is 11.5. The normalized spacial score (nSPS) is 21.4. The van der Waals surface area contributed by atoms with Gasteiger partial charge in [-0.1, -0.05) is 32.6 Å². The molecule has 102 valence electrons. The van der Waals surface area contributed by atoms with Crippen molar-refractivity contribution in [2.45, 2.75) is 70.4 Å². The summed E-state index contributed by atoms with van der Waals surface area (Å²) >= 11 is 0. The number of unbranched alkanes of at least 4 members (excludes halogenated alkanes) is 3. The van der Waals surface area contributed by atoms with Gasteiger partial charge < -0.3 is 15.2 Å². The van der Waals surface area contributed by atoms with E-state index in [-0.39, 0.29) is 11.6 Å². The maximum absolute atomic E-state index is 6.37. The fourth-order valence-corrected chi connectivity index (χ4v) is 2.68. The highest BCUT2D eigenvalue weighted by atomic mass is 16.5. The van der Waals surface area contributed by atoms with Crippen LogP contribution in [0, 0.1) is 0 Å². The van der Waals surface area contributed by atoms with Gasteiger partial charge in [-0.15, -0.1) is 0 Å². The summed E-state index contributed by atoms with van der Waals surface area (Å²) in [7, 11) is 0. The zero-order valence-corrected chi connectivity index (χ0v) is 11.5. The summed E-state index contributed by atoms with van der Waals surface area (Å²) in [5, 5.41) is 0. The fourth-order valence-electron chi connectivity index (χ4n) is 2.68. The zero-order chi connectivity index (χ0) is 12.6. The van der Waals surface area contributed by atoms with E-state index < -0.39 is 0 Å². The van der Waals surface area contributed by atoms with E-state index in [2.05, 4.69) is 13.8 Å². The van der Waals surface area contributed by atoms with E-state index in [0.29, 0.717) is 0 Å². The van der Waals surface area contributed by atoms with E-state index in [0.717, 1.165) is 39.1 Å². The highest BCUT2D eigenvalue weighted by Gasteiger charge is 2.38. The first-order valence-electron chi connectivity index (χ1n) is 7.22. The number of hydrogen-bond acceptors (Lipinski definition) is 3. The van der Waals surface area contributed by atoms with E-state index in [4.69, 9.17) is 15.2 Å². The van der Waals surface area contributed by atoms with Gasteiger partial charge in [-0.05, 0) is 13.3 Å². The molecule has 0 radical (unpaired) electrons. The predicted molar refractivity (Wildman–Crippen MR) is 71.1 cm³/mol. The molecule has 2 N–H and O–H groups in total. The van der Waals surface area contributed by atoms with Gasteiger partial charge in [-0.25, -0.2) is 0 Å². The van der Waals surface area contributed by atoms with Gasteiger partial charge in [-0.2, -0.15) is 0 Å². The number of rotatable bonds is 8. The Labute approximate surface area is 106 Å². The summed E-state index contributed by atoms with van der Waals surface area (Å²) in [5.41, 5.74) is 6.26. The standard InChI is InChI=1S/C14H29NO2/c1-3-5-6-7-8-13(15)14(17-4-2)9-11-16-12-10-14/h13H,3-12,15H2,1-2H3. The SMILES string of the molecule is CCCCCCC(N)C1(OCC)CCOCC1. The smallest absolute Gasteiger partial charge is 0.0876 e. The van der Waals surface area contributed by atoms with Crippen molar-refractivity contribution < 1.29 is 9.47 Å². The maximum atomic E-state index is 6.37. The average Bonchev–Trinajstić information content (AvgIpc) is 2.36. The van der Waals surface area contributed by atoms with Gasteiger partial charge in [0.15, 0.2) is 0 Å². The van der Waals surface area contributed by atoms with Crippen LogP contribution in [0.25, 0.3) is 0 Å². The first-order chi connectivity index (χ1) is 8.25. The Morgan fingerprint density at radius 3 is 2.47 bits per heavy atom. The molecule has 0 amide bonds. The fraction of sp³-hybridized carbons (Fsp3) is 1.00. The third-order valence-corrected chi connectivity index (χ3v) is 3.82. The van der Waals surface area contributed by atoms with Crippen molar-refractivity contribution in [3.8, 4) is 0 Å². The summed E-state index contributed by atoms with van der Waals surface area (Å²) in [6, 6.07) is 0.170. The first kappa shape index (κ1) is 14.9. The molecular formula is C14H29NO2. The molecule has 1 aliphatic rings. The van der Waals surface area contributed by atoms with E-state index in [1.54, 1.807) is 0 Å². The molecule has 17 heavy (non-hydrogen) atoms. The van der Waals surface area contributed by atoms with Crippen molar-refractivity contribution in [1.82, 2.24) is 0 Å². The van der Waals surface area contributed by atoms with Crippen molar-refractivity contribution in [2.24, 2.45) is 5.73 Å². The van der Waals surface area contributed by atoms with Crippen LogP contribution in [0.1, 0.15) is 58.8 Å². The Morgan fingerprint density at radius 1 is 1.18 bits per heavy atom. The van der Waals surface area contributed by atoms with Gasteiger partial charge in [0.25, 0.3) is 0 Å². The second-order valence-electron chi connectivity index (χ2n) is 5.07. The lowest BCUT2D eigenvalue weighted by Crippen LogP contribution is -2.53. The molecule has 3 heteroatoms. The second-order valence-corrected chi connectivity index (χ2v) is 5.07. The Bertz CT molecular complexity index is 185. The van der Waals surface area contributed by atoms with Crippen LogP contribution in [0.15, 0.2) is 0 Å². The van der Waals surface area contributed by atoms with Crippen molar-refractivity contribution in [1.29, 1.82) is 0 Å². The predicted octanol–water partition coefficient (Wildman–Crippen LogP) is 2.87. The second kappa shape index (κ2) is 8.06. The molecule has 1 saturated heterocycles. The minimum absolute atomic E-state index is 0.112. The van der Waals surface area contributed by atoms with Crippen LogP contribution in [-0.4, -0.2) is 31.5 Å². The van der Waals surface area contributed by atoms with Crippen molar-refractivity contribution in [3.05, 3.63) is 0 Å². The van der Waals surface area contributed by atoms with Gasteiger partial charge in [0.2, 0.25) is 0 Å². The first-order valence-corrected chi connectivity index (χ1v) is 7.22. The molecule has 0 aromatic carbocycles. The van der Waals surface area contributed by atoms with Crippen LogP contribution in [0.4, 0.5) is 0 Å². The van der Waals surface area contributed by atoms with Crippen molar-refractivity contribution in [2.75, 3.05) is 19.8 Å². The van der Waals surface area contributed by atoms with Crippen molar-refractivity contribution >= 4 is 0 Å². The summed E-state index contributed by atoms with van der Waals surface area (Å²) in [5.74, 6) is 0. The third-order valence-electron chi connectivity index (χ3n) is 3.82. The molecule has 1 heterocycles. The highest BCUT2D eigenvalue weighted by molar-refractivity contribution is 4.93. The molecule has 0 aromatic heterocycles. The highest BCUT2D eigenvalue weighted by Crippen LogP contribution is 2.30. The number of ether oxygens (including phenoxy) is 2. The van der Waals surface area contributed by atoms with Gasteiger partial charge in [-0.3, -0.25) is 0 Å². The Kier molecular flexibility index (Phi) is 7.09. The quantitative estimate of drug-likeness (QED) is 0.667. The number of nitrogens with two attached hydrogens (primary N) is 1. The molecule has 3 nitrogen and oxygen atoms in total. The van der Waals surface area contributed by atoms with Crippen molar-refractivity contribution in [3.63, 3.8) is 0 Å². The third kappa shape index (κ3) is 4.57. The minimum Gasteiger partial charge on any atom is -0.381 e. The average molecular weight is 243 g/mol. The molecular weight excluding hydrogens is 214 g/mol. The molecule has 0 bridgehead atoms. The van der Waals surface area contributed by atoms with Crippen LogP contribution in [-0.2, 0) is 9.47 Å². The van der Waals surface area contributed by atoms with E-state index >= 15 is 0 Å². The van der Waals surface area contributed by atoms with Crippen LogP contribution < -0.4 is 5.73 Å². The number of hydrogen-bond donors (Lipinski definition) is 1. The molecule has 1 fully saturated rings. The summed E-state index contributed by atoms with van der Waals surface area (Å²) < 4.78 is 11.4. The van der Waals surface area contributed by atoms with E-state index in [1.807, 2.05) is 0 Å². The molecule has 1 unspecified atom stereocenters. The lowest BCUT2D eigenvalue weighted by molar-refractivity contribution is -0.121. The van der Waals surface area contributed by atoms with Crippen LogP contribution in [0.2, 0.25) is 0 Å². The molecule has 1 atom stereocenters.